The van der Waals surface area contributed by atoms with E-state index in [1.807, 2.05) is 0 Å². The third-order valence-electron chi connectivity index (χ3n) is 2.39. The highest BCUT2D eigenvalue weighted by atomic mass is 19.3. The summed E-state index contributed by atoms with van der Waals surface area (Å²) in [5.74, 6) is 0.111. The van der Waals surface area contributed by atoms with Gasteiger partial charge in [-0.1, -0.05) is 6.07 Å². The third-order valence-corrected chi connectivity index (χ3v) is 2.39. The van der Waals surface area contributed by atoms with E-state index in [2.05, 4.69) is 4.74 Å². The van der Waals surface area contributed by atoms with Crippen molar-refractivity contribution in [1.82, 2.24) is 0 Å². The lowest BCUT2D eigenvalue weighted by Crippen LogP contribution is -2.02. The number of halogens is 2. The Morgan fingerprint density at radius 1 is 1.43 bits per heavy atom. The minimum atomic E-state index is -2.81. The van der Waals surface area contributed by atoms with Crippen molar-refractivity contribution in [2.24, 2.45) is 0 Å². The number of aryl methyl sites for hydroxylation is 1. The average Bonchev–Trinajstić information content (AvgIpc) is 2.47. The quantitative estimate of drug-likeness (QED) is 0.793. The van der Waals surface area contributed by atoms with Gasteiger partial charge in [0.25, 0.3) is 0 Å². The molecule has 1 aliphatic carbocycles. The van der Waals surface area contributed by atoms with Crippen LogP contribution in [0.25, 0.3) is 0 Å². The normalized spacial score (nSPS) is 19.9. The van der Waals surface area contributed by atoms with Crippen molar-refractivity contribution in [3.8, 4) is 5.75 Å². The minimum Gasteiger partial charge on any atom is -0.435 e. The molecule has 1 aromatic carbocycles. The monoisotopic (exact) mass is 200 g/mol. The second-order valence-electron chi connectivity index (χ2n) is 3.29. The SMILES string of the molecule is O[C@@H]1CCc2ccc(OC(F)F)cc21. The van der Waals surface area contributed by atoms with Gasteiger partial charge >= 0.3 is 6.61 Å². The number of benzene rings is 1. The van der Waals surface area contributed by atoms with Crippen molar-refractivity contribution in [2.75, 3.05) is 0 Å². The van der Waals surface area contributed by atoms with Crippen LogP contribution in [0, 0.1) is 0 Å². The van der Waals surface area contributed by atoms with Crippen LogP contribution in [0.15, 0.2) is 18.2 Å². The zero-order valence-electron chi connectivity index (χ0n) is 7.41. The standard InChI is InChI=1S/C10H10F2O2/c11-10(12)14-7-3-1-6-2-4-9(13)8(6)5-7/h1,3,5,9-10,13H,2,4H2/t9-/m1/s1. The molecule has 0 heterocycles. The molecular formula is C10H10F2O2. The maximum atomic E-state index is 11.9. The zero-order valence-corrected chi connectivity index (χ0v) is 7.41. The van der Waals surface area contributed by atoms with Crippen LogP contribution < -0.4 is 4.74 Å². The largest absolute Gasteiger partial charge is 0.435 e. The van der Waals surface area contributed by atoms with Crippen molar-refractivity contribution in [1.29, 1.82) is 0 Å². The van der Waals surface area contributed by atoms with Gasteiger partial charge in [0.15, 0.2) is 0 Å². The zero-order chi connectivity index (χ0) is 10.1. The van der Waals surface area contributed by atoms with Crippen LogP contribution in [0.3, 0.4) is 0 Å². The molecule has 2 rings (SSSR count). The molecule has 1 aliphatic rings. The van der Waals surface area contributed by atoms with E-state index in [1.165, 1.54) is 12.1 Å². The van der Waals surface area contributed by atoms with Gasteiger partial charge in [0.2, 0.25) is 0 Å². The van der Waals surface area contributed by atoms with Gasteiger partial charge in [-0.15, -0.1) is 0 Å². The topological polar surface area (TPSA) is 29.5 Å². The summed E-state index contributed by atoms with van der Waals surface area (Å²) in [6.45, 7) is -2.81. The van der Waals surface area contributed by atoms with Gasteiger partial charge in [-0.05, 0) is 36.1 Å². The highest BCUT2D eigenvalue weighted by Gasteiger charge is 2.20. The predicted molar refractivity (Wildman–Crippen MR) is 46.4 cm³/mol. The summed E-state index contributed by atoms with van der Waals surface area (Å²) in [7, 11) is 0. The van der Waals surface area contributed by atoms with E-state index in [0.29, 0.717) is 12.0 Å². The smallest absolute Gasteiger partial charge is 0.387 e. The van der Waals surface area contributed by atoms with E-state index < -0.39 is 12.7 Å². The predicted octanol–water partition coefficient (Wildman–Crippen LogP) is 2.27. The van der Waals surface area contributed by atoms with Gasteiger partial charge in [0.05, 0.1) is 6.10 Å². The molecule has 1 N–H and O–H groups in total. The number of ether oxygens (including phenoxy) is 1. The number of rotatable bonds is 2. The van der Waals surface area contributed by atoms with Crippen LogP contribution in [-0.4, -0.2) is 11.7 Å². The molecule has 0 bridgehead atoms. The summed E-state index contributed by atoms with van der Waals surface area (Å²) in [5, 5.41) is 9.50. The first-order valence-corrected chi connectivity index (χ1v) is 4.42. The Balaban J connectivity index is 2.26. The number of fused-ring (bicyclic) bond motifs is 1. The van der Waals surface area contributed by atoms with Crippen molar-refractivity contribution in [3.63, 3.8) is 0 Å². The van der Waals surface area contributed by atoms with E-state index in [1.54, 1.807) is 6.07 Å². The van der Waals surface area contributed by atoms with Gasteiger partial charge in [-0.3, -0.25) is 0 Å². The molecule has 2 nitrogen and oxygen atoms in total. The lowest BCUT2D eigenvalue weighted by Gasteiger charge is -2.08. The summed E-state index contributed by atoms with van der Waals surface area (Å²) in [6, 6.07) is 4.71. The summed E-state index contributed by atoms with van der Waals surface area (Å²) in [5.41, 5.74) is 1.72. The van der Waals surface area contributed by atoms with Crippen molar-refractivity contribution >= 4 is 0 Å². The van der Waals surface area contributed by atoms with Crippen LogP contribution in [0.2, 0.25) is 0 Å². The number of aliphatic hydroxyl groups excluding tert-OH is 1. The molecule has 0 saturated carbocycles. The van der Waals surface area contributed by atoms with Crippen LogP contribution in [0.1, 0.15) is 23.7 Å². The van der Waals surface area contributed by atoms with E-state index >= 15 is 0 Å². The first-order valence-electron chi connectivity index (χ1n) is 4.42. The van der Waals surface area contributed by atoms with Crippen LogP contribution in [0.5, 0.6) is 5.75 Å². The minimum absolute atomic E-state index is 0.111. The molecule has 0 amide bonds. The molecule has 14 heavy (non-hydrogen) atoms. The summed E-state index contributed by atoms with van der Waals surface area (Å²) in [6.07, 6.45) is 0.921. The Morgan fingerprint density at radius 3 is 2.93 bits per heavy atom. The van der Waals surface area contributed by atoms with Gasteiger partial charge < -0.3 is 9.84 Å². The molecule has 1 atom stereocenters. The average molecular weight is 200 g/mol. The molecule has 0 radical (unpaired) electrons. The van der Waals surface area contributed by atoms with Crippen molar-refractivity contribution in [2.45, 2.75) is 25.6 Å². The van der Waals surface area contributed by atoms with Crippen molar-refractivity contribution < 1.29 is 18.6 Å². The molecule has 0 unspecified atom stereocenters. The second kappa shape index (κ2) is 3.53. The van der Waals surface area contributed by atoms with Gasteiger partial charge in [0.1, 0.15) is 5.75 Å². The molecule has 0 spiro atoms. The van der Waals surface area contributed by atoms with E-state index in [9.17, 15) is 13.9 Å². The van der Waals surface area contributed by atoms with Crippen molar-refractivity contribution in [3.05, 3.63) is 29.3 Å². The van der Waals surface area contributed by atoms with E-state index in [0.717, 1.165) is 12.0 Å². The maximum absolute atomic E-state index is 11.9. The Bertz CT molecular complexity index is 339. The Kier molecular flexibility index (Phi) is 2.37. The number of alkyl halides is 2. The third kappa shape index (κ3) is 1.70. The maximum Gasteiger partial charge on any atom is 0.387 e. The molecule has 0 saturated heterocycles. The molecule has 1 aromatic rings. The molecule has 4 heteroatoms. The number of hydrogen-bond acceptors (Lipinski definition) is 2. The van der Waals surface area contributed by atoms with Gasteiger partial charge in [-0.2, -0.15) is 8.78 Å². The van der Waals surface area contributed by atoms with E-state index in [-0.39, 0.29) is 5.75 Å². The second-order valence-corrected chi connectivity index (χ2v) is 3.29. The van der Waals surface area contributed by atoms with Crippen LogP contribution >= 0.6 is 0 Å². The highest BCUT2D eigenvalue weighted by molar-refractivity contribution is 5.39. The lowest BCUT2D eigenvalue weighted by atomic mass is 10.1. The fraction of sp³-hybridized carbons (Fsp3) is 0.400. The van der Waals surface area contributed by atoms with Gasteiger partial charge in [0, 0.05) is 0 Å². The van der Waals surface area contributed by atoms with Crippen LogP contribution in [-0.2, 0) is 6.42 Å². The number of hydrogen-bond donors (Lipinski definition) is 1. The van der Waals surface area contributed by atoms with Gasteiger partial charge in [-0.25, -0.2) is 0 Å². The molecule has 0 fully saturated rings. The Hall–Kier alpha value is -1.16. The summed E-state index contributed by atoms with van der Waals surface area (Å²) in [4.78, 5) is 0. The van der Waals surface area contributed by atoms with E-state index in [4.69, 9.17) is 0 Å². The fourth-order valence-corrected chi connectivity index (χ4v) is 1.73. The lowest BCUT2D eigenvalue weighted by molar-refractivity contribution is -0.0499. The number of aliphatic hydroxyl groups is 1. The molecular weight excluding hydrogens is 190 g/mol. The summed E-state index contributed by atoms with van der Waals surface area (Å²) < 4.78 is 28.0. The Labute approximate surface area is 80.1 Å². The molecule has 0 aliphatic heterocycles. The molecule has 76 valence electrons. The first kappa shape index (κ1) is 9.40. The fourth-order valence-electron chi connectivity index (χ4n) is 1.73. The Morgan fingerprint density at radius 2 is 2.21 bits per heavy atom. The molecule has 0 aromatic heterocycles. The first-order chi connectivity index (χ1) is 6.66. The van der Waals surface area contributed by atoms with Crippen LogP contribution in [0.4, 0.5) is 8.78 Å². The highest BCUT2D eigenvalue weighted by Crippen LogP contribution is 2.33. The summed E-state index contributed by atoms with van der Waals surface area (Å²) >= 11 is 0.